The SMILES string of the molecule is Cc1nnc(CN=C(NCc2cccs2)NC2C3CCOC3C23CCCC3)n1C.I. The van der Waals surface area contributed by atoms with E-state index in [1.165, 1.54) is 30.6 Å². The van der Waals surface area contributed by atoms with Crippen molar-refractivity contribution in [1.82, 2.24) is 25.4 Å². The van der Waals surface area contributed by atoms with E-state index in [0.29, 0.717) is 30.0 Å². The summed E-state index contributed by atoms with van der Waals surface area (Å²) in [7, 11) is 1.99. The highest BCUT2D eigenvalue weighted by Gasteiger charge is 2.65. The number of nitrogens with one attached hydrogen (secondary N) is 2. The van der Waals surface area contributed by atoms with Crippen molar-refractivity contribution in [1.29, 1.82) is 0 Å². The van der Waals surface area contributed by atoms with Gasteiger partial charge < -0.3 is 19.9 Å². The van der Waals surface area contributed by atoms with Gasteiger partial charge in [0.15, 0.2) is 11.8 Å². The predicted octanol–water partition coefficient (Wildman–Crippen LogP) is 3.39. The molecule has 0 aromatic carbocycles. The number of guanidine groups is 1. The van der Waals surface area contributed by atoms with Crippen LogP contribution in [0.2, 0.25) is 0 Å². The zero-order valence-corrected chi connectivity index (χ0v) is 20.8. The molecule has 164 valence electrons. The molecule has 30 heavy (non-hydrogen) atoms. The number of ether oxygens (including phenoxy) is 1. The van der Waals surface area contributed by atoms with E-state index < -0.39 is 0 Å². The second-order valence-corrected chi connectivity index (χ2v) is 9.66. The summed E-state index contributed by atoms with van der Waals surface area (Å²) in [5.41, 5.74) is 0.300. The number of rotatable bonds is 5. The second-order valence-electron chi connectivity index (χ2n) is 8.63. The van der Waals surface area contributed by atoms with Crippen molar-refractivity contribution in [2.45, 2.75) is 64.3 Å². The Labute approximate surface area is 199 Å². The monoisotopic (exact) mass is 542 g/mol. The van der Waals surface area contributed by atoms with Crippen LogP contribution < -0.4 is 10.6 Å². The van der Waals surface area contributed by atoms with Crippen molar-refractivity contribution in [3.8, 4) is 0 Å². The van der Waals surface area contributed by atoms with E-state index in [-0.39, 0.29) is 24.0 Å². The van der Waals surface area contributed by atoms with Crippen LogP contribution in [-0.2, 0) is 24.9 Å². The third-order valence-corrected chi connectivity index (χ3v) is 8.03. The first-order valence-corrected chi connectivity index (χ1v) is 11.6. The molecule has 2 aliphatic carbocycles. The molecule has 7 nitrogen and oxygen atoms in total. The molecule has 1 spiro atoms. The summed E-state index contributed by atoms with van der Waals surface area (Å²) in [6.45, 7) is 4.17. The first-order chi connectivity index (χ1) is 14.2. The van der Waals surface area contributed by atoms with Gasteiger partial charge in [-0.25, -0.2) is 4.99 Å². The van der Waals surface area contributed by atoms with Crippen LogP contribution in [0.25, 0.3) is 0 Å². The van der Waals surface area contributed by atoms with Crippen molar-refractivity contribution in [3.63, 3.8) is 0 Å². The normalized spacial score (nSPS) is 26.9. The third-order valence-electron chi connectivity index (χ3n) is 7.15. The van der Waals surface area contributed by atoms with E-state index in [4.69, 9.17) is 9.73 Å². The summed E-state index contributed by atoms with van der Waals surface area (Å²) in [4.78, 5) is 6.20. The van der Waals surface area contributed by atoms with E-state index >= 15 is 0 Å². The zero-order valence-electron chi connectivity index (χ0n) is 17.6. The molecule has 3 atom stereocenters. The van der Waals surface area contributed by atoms with Crippen LogP contribution in [0, 0.1) is 18.3 Å². The molecule has 0 bridgehead atoms. The Hall–Kier alpha value is -1.20. The Morgan fingerprint density at radius 1 is 1.37 bits per heavy atom. The average Bonchev–Trinajstić information content (AvgIpc) is 3.50. The fourth-order valence-electron chi connectivity index (χ4n) is 5.53. The van der Waals surface area contributed by atoms with E-state index in [9.17, 15) is 0 Å². The number of fused-ring (bicyclic) bond motifs is 2. The minimum absolute atomic E-state index is 0. The molecule has 2 N–H and O–H groups in total. The van der Waals surface area contributed by atoms with Crippen molar-refractivity contribution in [3.05, 3.63) is 34.0 Å². The molecule has 2 aromatic heterocycles. The molecule has 3 heterocycles. The number of halogens is 1. The third kappa shape index (κ3) is 3.88. The van der Waals surface area contributed by atoms with Crippen LogP contribution in [0.4, 0.5) is 0 Å². The molecule has 0 radical (unpaired) electrons. The largest absolute Gasteiger partial charge is 0.377 e. The molecule has 3 unspecified atom stereocenters. The summed E-state index contributed by atoms with van der Waals surface area (Å²) in [6.07, 6.45) is 6.78. The zero-order chi connectivity index (χ0) is 19.8. The number of aliphatic imine (C=N–C) groups is 1. The smallest absolute Gasteiger partial charge is 0.192 e. The number of hydrogen-bond donors (Lipinski definition) is 2. The fraction of sp³-hybridized carbons (Fsp3) is 0.667. The van der Waals surface area contributed by atoms with Gasteiger partial charge in [-0.3, -0.25) is 0 Å². The van der Waals surface area contributed by atoms with Crippen LogP contribution in [-0.4, -0.2) is 39.5 Å². The minimum atomic E-state index is 0. The van der Waals surface area contributed by atoms with E-state index in [0.717, 1.165) is 37.2 Å². The van der Waals surface area contributed by atoms with Crippen LogP contribution >= 0.6 is 35.3 Å². The number of hydrogen-bond acceptors (Lipinski definition) is 5. The summed E-state index contributed by atoms with van der Waals surface area (Å²) >= 11 is 1.77. The molecule has 2 saturated carbocycles. The Bertz CT molecular complexity index is 876. The van der Waals surface area contributed by atoms with Crippen LogP contribution in [0.15, 0.2) is 22.5 Å². The first kappa shape index (κ1) is 22.0. The number of thiophene rings is 1. The predicted molar refractivity (Wildman–Crippen MR) is 129 cm³/mol. The Morgan fingerprint density at radius 2 is 2.20 bits per heavy atom. The maximum atomic E-state index is 6.15. The lowest BCUT2D eigenvalue weighted by Crippen LogP contribution is -2.69. The van der Waals surface area contributed by atoms with Crippen molar-refractivity contribution < 1.29 is 4.74 Å². The van der Waals surface area contributed by atoms with Crippen LogP contribution in [0.3, 0.4) is 0 Å². The highest BCUT2D eigenvalue weighted by Crippen LogP contribution is 2.60. The van der Waals surface area contributed by atoms with Crippen LogP contribution in [0.5, 0.6) is 0 Å². The minimum Gasteiger partial charge on any atom is -0.377 e. The number of nitrogens with zero attached hydrogens (tertiary/aromatic N) is 4. The van der Waals surface area contributed by atoms with Gasteiger partial charge in [-0.15, -0.1) is 45.5 Å². The Kier molecular flexibility index (Phi) is 6.69. The number of aryl methyl sites for hydroxylation is 1. The first-order valence-electron chi connectivity index (χ1n) is 10.7. The molecular weight excluding hydrogens is 511 g/mol. The topological polar surface area (TPSA) is 76.4 Å². The second kappa shape index (κ2) is 9.12. The molecule has 0 amide bonds. The summed E-state index contributed by atoms with van der Waals surface area (Å²) in [5, 5.41) is 17.9. The van der Waals surface area contributed by atoms with E-state index in [1.807, 2.05) is 18.5 Å². The molecule has 3 fully saturated rings. The molecule has 2 aromatic rings. The maximum Gasteiger partial charge on any atom is 0.192 e. The summed E-state index contributed by atoms with van der Waals surface area (Å²) in [6, 6.07) is 4.70. The lowest BCUT2D eigenvalue weighted by atomic mass is 9.54. The molecule has 1 saturated heterocycles. The van der Waals surface area contributed by atoms with Gasteiger partial charge >= 0.3 is 0 Å². The van der Waals surface area contributed by atoms with Crippen molar-refractivity contribution in [2.75, 3.05) is 6.61 Å². The molecule has 5 rings (SSSR count). The van der Waals surface area contributed by atoms with E-state index in [2.05, 4.69) is 38.3 Å². The average molecular weight is 542 g/mol. The highest BCUT2D eigenvalue weighted by atomic mass is 127. The van der Waals surface area contributed by atoms with Gasteiger partial charge in [-0.05, 0) is 37.6 Å². The van der Waals surface area contributed by atoms with Gasteiger partial charge in [0.05, 0.1) is 12.6 Å². The summed E-state index contributed by atoms with van der Waals surface area (Å²) in [5.74, 6) is 3.27. The summed E-state index contributed by atoms with van der Waals surface area (Å²) < 4.78 is 8.15. The lowest BCUT2D eigenvalue weighted by Gasteiger charge is -2.57. The van der Waals surface area contributed by atoms with Gasteiger partial charge in [-0.2, -0.15) is 0 Å². The molecule has 3 aliphatic rings. The highest BCUT2D eigenvalue weighted by molar-refractivity contribution is 14.0. The molecule has 1 aliphatic heterocycles. The van der Waals surface area contributed by atoms with Crippen LogP contribution in [0.1, 0.15) is 48.6 Å². The fourth-order valence-corrected chi connectivity index (χ4v) is 6.17. The Balaban J connectivity index is 0.00000218. The van der Waals surface area contributed by atoms with Gasteiger partial charge in [0, 0.05) is 35.9 Å². The van der Waals surface area contributed by atoms with Gasteiger partial charge in [0.1, 0.15) is 12.4 Å². The van der Waals surface area contributed by atoms with Crippen molar-refractivity contribution in [2.24, 2.45) is 23.4 Å². The molecular formula is C21H31IN6OS. The van der Waals surface area contributed by atoms with Crippen molar-refractivity contribution >= 4 is 41.3 Å². The van der Waals surface area contributed by atoms with E-state index in [1.54, 1.807) is 11.3 Å². The Morgan fingerprint density at radius 3 is 2.90 bits per heavy atom. The standard InChI is InChI=1S/C21H30N6OS.HI/c1-14-25-26-17(27(14)2)13-23-20(22-12-15-6-5-11-29-15)24-18-16-7-10-28-19(16)21(18)8-3-4-9-21;/h5-6,11,16,18-19H,3-4,7-10,12-13H2,1-2H3,(H2,22,23,24);1H. The molecule has 9 heteroatoms. The maximum absolute atomic E-state index is 6.15. The van der Waals surface area contributed by atoms with Gasteiger partial charge in [0.25, 0.3) is 0 Å². The number of aromatic nitrogens is 3. The van der Waals surface area contributed by atoms with Gasteiger partial charge in [0.2, 0.25) is 0 Å². The van der Waals surface area contributed by atoms with Gasteiger partial charge in [-0.1, -0.05) is 18.9 Å². The lowest BCUT2D eigenvalue weighted by molar-refractivity contribution is -0.125. The quantitative estimate of drug-likeness (QED) is 0.344.